The Labute approximate surface area is 76.9 Å². The van der Waals surface area contributed by atoms with Gasteiger partial charge in [-0.3, -0.25) is 4.79 Å². The van der Waals surface area contributed by atoms with Gasteiger partial charge in [0.25, 0.3) is 0 Å². The SMILES string of the molecule is NC(=O)c1ccc(NC2CC2)cc1. The molecule has 3 heteroatoms. The van der Waals surface area contributed by atoms with Gasteiger partial charge >= 0.3 is 0 Å². The molecule has 1 aromatic carbocycles. The van der Waals surface area contributed by atoms with Crippen molar-refractivity contribution < 1.29 is 4.79 Å². The maximum Gasteiger partial charge on any atom is 0.248 e. The topological polar surface area (TPSA) is 55.1 Å². The predicted octanol–water partition coefficient (Wildman–Crippen LogP) is 1.36. The van der Waals surface area contributed by atoms with Gasteiger partial charge in [0, 0.05) is 17.3 Å². The molecule has 0 aromatic heterocycles. The number of rotatable bonds is 3. The second kappa shape index (κ2) is 3.09. The fourth-order valence-electron chi connectivity index (χ4n) is 1.19. The second-order valence-electron chi connectivity index (χ2n) is 3.36. The summed E-state index contributed by atoms with van der Waals surface area (Å²) >= 11 is 0. The number of amides is 1. The third kappa shape index (κ3) is 1.99. The lowest BCUT2D eigenvalue weighted by Gasteiger charge is -2.03. The number of nitrogens with one attached hydrogen (secondary N) is 1. The Morgan fingerprint density at radius 3 is 2.38 bits per heavy atom. The van der Waals surface area contributed by atoms with Crippen molar-refractivity contribution in [3.05, 3.63) is 29.8 Å². The summed E-state index contributed by atoms with van der Waals surface area (Å²) in [5.74, 6) is -0.377. The minimum atomic E-state index is -0.377. The highest BCUT2D eigenvalue weighted by molar-refractivity contribution is 5.93. The van der Waals surface area contributed by atoms with Crippen LogP contribution in [0.15, 0.2) is 24.3 Å². The van der Waals surface area contributed by atoms with Gasteiger partial charge in [-0.2, -0.15) is 0 Å². The first-order valence-electron chi connectivity index (χ1n) is 4.42. The van der Waals surface area contributed by atoms with Crippen LogP contribution < -0.4 is 11.1 Å². The molecule has 3 nitrogen and oxygen atoms in total. The van der Waals surface area contributed by atoms with Gasteiger partial charge in [-0.05, 0) is 37.1 Å². The number of hydrogen-bond donors (Lipinski definition) is 2. The zero-order valence-electron chi connectivity index (χ0n) is 7.29. The van der Waals surface area contributed by atoms with Gasteiger partial charge in [0.05, 0.1) is 0 Å². The Bertz CT molecular complexity index is 314. The number of anilines is 1. The van der Waals surface area contributed by atoms with Crippen LogP contribution in [0.3, 0.4) is 0 Å². The van der Waals surface area contributed by atoms with Crippen LogP contribution >= 0.6 is 0 Å². The van der Waals surface area contributed by atoms with Gasteiger partial charge in [0.1, 0.15) is 0 Å². The Morgan fingerprint density at radius 2 is 1.92 bits per heavy atom. The molecule has 1 aliphatic rings. The van der Waals surface area contributed by atoms with Crippen LogP contribution in [0.25, 0.3) is 0 Å². The highest BCUT2D eigenvalue weighted by Gasteiger charge is 2.20. The number of nitrogens with two attached hydrogens (primary N) is 1. The van der Waals surface area contributed by atoms with Crippen LogP contribution in [-0.4, -0.2) is 11.9 Å². The predicted molar refractivity (Wildman–Crippen MR) is 51.6 cm³/mol. The minimum absolute atomic E-state index is 0.377. The standard InChI is InChI=1S/C10H12N2O/c11-10(13)7-1-3-8(4-2-7)12-9-5-6-9/h1-4,9,12H,5-6H2,(H2,11,13). The van der Waals surface area contributed by atoms with Gasteiger partial charge in [-0.15, -0.1) is 0 Å². The summed E-state index contributed by atoms with van der Waals surface area (Å²) in [5, 5.41) is 3.33. The van der Waals surface area contributed by atoms with Crippen LogP contribution in [0.2, 0.25) is 0 Å². The molecule has 2 rings (SSSR count). The summed E-state index contributed by atoms with van der Waals surface area (Å²) in [7, 11) is 0. The fourth-order valence-corrected chi connectivity index (χ4v) is 1.19. The molecule has 0 saturated heterocycles. The van der Waals surface area contributed by atoms with Crippen molar-refractivity contribution in [2.75, 3.05) is 5.32 Å². The van der Waals surface area contributed by atoms with E-state index < -0.39 is 0 Å². The highest BCUT2D eigenvalue weighted by Crippen LogP contribution is 2.24. The molecule has 1 aliphatic carbocycles. The molecule has 1 saturated carbocycles. The van der Waals surface area contributed by atoms with E-state index in [0.29, 0.717) is 11.6 Å². The second-order valence-corrected chi connectivity index (χ2v) is 3.36. The maximum absolute atomic E-state index is 10.7. The van der Waals surface area contributed by atoms with Gasteiger partial charge < -0.3 is 11.1 Å². The van der Waals surface area contributed by atoms with E-state index in [1.807, 2.05) is 12.1 Å². The molecular formula is C10H12N2O. The molecule has 1 aromatic rings. The summed E-state index contributed by atoms with van der Waals surface area (Å²) in [6.07, 6.45) is 2.50. The molecule has 0 heterocycles. The van der Waals surface area contributed by atoms with Gasteiger partial charge in [-0.25, -0.2) is 0 Å². The molecule has 0 unspecified atom stereocenters. The van der Waals surface area contributed by atoms with Crippen molar-refractivity contribution in [3.63, 3.8) is 0 Å². The van der Waals surface area contributed by atoms with E-state index in [1.54, 1.807) is 12.1 Å². The van der Waals surface area contributed by atoms with Crippen LogP contribution in [-0.2, 0) is 0 Å². The van der Waals surface area contributed by atoms with Crippen molar-refractivity contribution in [1.29, 1.82) is 0 Å². The zero-order valence-corrected chi connectivity index (χ0v) is 7.29. The van der Waals surface area contributed by atoms with Crippen LogP contribution in [0.4, 0.5) is 5.69 Å². The van der Waals surface area contributed by atoms with Crippen molar-refractivity contribution in [2.24, 2.45) is 5.73 Å². The first-order valence-corrected chi connectivity index (χ1v) is 4.42. The Morgan fingerprint density at radius 1 is 1.31 bits per heavy atom. The Kier molecular flexibility index (Phi) is 1.93. The van der Waals surface area contributed by atoms with E-state index >= 15 is 0 Å². The van der Waals surface area contributed by atoms with Crippen molar-refractivity contribution >= 4 is 11.6 Å². The van der Waals surface area contributed by atoms with Crippen LogP contribution in [0, 0.1) is 0 Å². The van der Waals surface area contributed by atoms with E-state index in [-0.39, 0.29) is 5.91 Å². The molecule has 0 radical (unpaired) electrons. The zero-order chi connectivity index (χ0) is 9.26. The number of primary amides is 1. The summed E-state index contributed by atoms with van der Waals surface area (Å²) < 4.78 is 0. The first-order chi connectivity index (χ1) is 6.25. The average molecular weight is 176 g/mol. The highest BCUT2D eigenvalue weighted by atomic mass is 16.1. The van der Waals surface area contributed by atoms with Crippen molar-refractivity contribution in [1.82, 2.24) is 0 Å². The molecule has 0 bridgehead atoms. The van der Waals surface area contributed by atoms with E-state index in [4.69, 9.17) is 5.73 Å². The van der Waals surface area contributed by atoms with Gasteiger partial charge in [0.2, 0.25) is 5.91 Å². The molecular weight excluding hydrogens is 164 g/mol. The minimum Gasteiger partial charge on any atom is -0.382 e. The molecule has 13 heavy (non-hydrogen) atoms. The third-order valence-corrected chi connectivity index (χ3v) is 2.12. The maximum atomic E-state index is 10.7. The quantitative estimate of drug-likeness (QED) is 0.730. The normalized spacial score (nSPS) is 15.4. The van der Waals surface area contributed by atoms with Crippen LogP contribution in [0.5, 0.6) is 0 Å². The summed E-state index contributed by atoms with van der Waals surface area (Å²) in [4.78, 5) is 10.7. The lowest BCUT2D eigenvalue weighted by atomic mass is 10.2. The largest absolute Gasteiger partial charge is 0.382 e. The van der Waals surface area contributed by atoms with Crippen molar-refractivity contribution in [3.8, 4) is 0 Å². The molecule has 1 amide bonds. The molecule has 0 spiro atoms. The lowest BCUT2D eigenvalue weighted by Crippen LogP contribution is -2.10. The summed E-state index contributed by atoms with van der Waals surface area (Å²) in [5.41, 5.74) is 6.74. The molecule has 3 N–H and O–H groups in total. The average Bonchev–Trinajstić information content (AvgIpc) is 2.89. The Balaban J connectivity index is 2.08. The van der Waals surface area contributed by atoms with E-state index in [1.165, 1.54) is 12.8 Å². The van der Waals surface area contributed by atoms with Crippen molar-refractivity contribution in [2.45, 2.75) is 18.9 Å². The van der Waals surface area contributed by atoms with Crippen LogP contribution in [0.1, 0.15) is 23.2 Å². The number of hydrogen-bond acceptors (Lipinski definition) is 2. The fraction of sp³-hybridized carbons (Fsp3) is 0.300. The lowest BCUT2D eigenvalue weighted by molar-refractivity contribution is 0.100. The number of carbonyl (C=O) groups excluding carboxylic acids is 1. The van der Waals surface area contributed by atoms with E-state index in [2.05, 4.69) is 5.32 Å². The number of carbonyl (C=O) groups is 1. The molecule has 1 fully saturated rings. The van der Waals surface area contributed by atoms with E-state index in [0.717, 1.165) is 5.69 Å². The monoisotopic (exact) mass is 176 g/mol. The third-order valence-electron chi connectivity index (χ3n) is 2.12. The molecule has 0 atom stereocenters. The Hall–Kier alpha value is -1.51. The van der Waals surface area contributed by atoms with E-state index in [9.17, 15) is 4.79 Å². The van der Waals surface area contributed by atoms with Gasteiger partial charge in [0.15, 0.2) is 0 Å². The number of benzene rings is 1. The molecule has 68 valence electrons. The smallest absolute Gasteiger partial charge is 0.248 e. The summed E-state index contributed by atoms with van der Waals surface area (Å²) in [6.45, 7) is 0. The summed E-state index contributed by atoms with van der Waals surface area (Å²) in [6, 6.07) is 7.90. The molecule has 0 aliphatic heterocycles. The van der Waals surface area contributed by atoms with Gasteiger partial charge in [-0.1, -0.05) is 0 Å². The first kappa shape index (κ1) is 8.10.